The number of aromatic nitrogens is 2. The molecule has 2 rings (SSSR count). The van der Waals surface area contributed by atoms with Crippen LogP contribution < -0.4 is 10.2 Å². The Kier molecular flexibility index (Phi) is 5.70. The summed E-state index contributed by atoms with van der Waals surface area (Å²) in [5.74, 6) is -1.26. The summed E-state index contributed by atoms with van der Waals surface area (Å²) in [6.45, 7) is -0.193. The van der Waals surface area contributed by atoms with E-state index in [-0.39, 0.29) is 40.5 Å². The maximum atomic E-state index is 13.1. The lowest BCUT2D eigenvalue weighted by molar-refractivity contribution is 0.233. The van der Waals surface area contributed by atoms with Crippen LogP contribution in [0.1, 0.15) is 5.69 Å². The van der Waals surface area contributed by atoms with E-state index in [0.717, 1.165) is 12.3 Å². The fraction of sp³-hybridized carbons (Fsp3) is 0.250. The molecule has 2 N–H and O–H groups in total. The molecule has 0 fully saturated rings. The second-order valence-electron chi connectivity index (χ2n) is 4.57. The second-order valence-corrected chi connectivity index (χ2v) is 7.23. The summed E-state index contributed by atoms with van der Waals surface area (Å²) in [4.78, 5) is 3.98. The Bertz CT molecular complexity index is 855. The molecule has 2 aromatic rings. The van der Waals surface area contributed by atoms with E-state index in [4.69, 9.17) is 16.3 Å². The predicted molar refractivity (Wildman–Crippen MR) is 82.0 cm³/mol. The van der Waals surface area contributed by atoms with Crippen molar-refractivity contribution in [3.05, 3.63) is 34.7 Å². The average molecular weight is 379 g/mol. The molecule has 1 aromatic heterocycles. The van der Waals surface area contributed by atoms with Gasteiger partial charge in [0.25, 0.3) is 5.88 Å². The number of rotatable bonds is 6. The van der Waals surface area contributed by atoms with Gasteiger partial charge in [-0.3, -0.25) is 10.7 Å². The molecule has 0 radical (unpaired) electrons. The van der Waals surface area contributed by atoms with Gasteiger partial charge in [-0.05, 0) is 28.5 Å². The minimum atomic E-state index is -3.22. The second kappa shape index (κ2) is 7.55. The highest BCUT2D eigenvalue weighted by Gasteiger charge is 2.19. The van der Waals surface area contributed by atoms with E-state index in [1.54, 1.807) is 5.48 Å². The van der Waals surface area contributed by atoms with Gasteiger partial charge in [0.1, 0.15) is 12.4 Å². The minimum Gasteiger partial charge on any atom is -0.473 e. The molecular weight excluding hydrogens is 367 g/mol. The van der Waals surface area contributed by atoms with Gasteiger partial charge in [0.15, 0.2) is 15.7 Å². The molecule has 130 valence electrons. The highest BCUT2D eigenvalue weighted by Crippen LogP contribution is 2.23. The SMILES string of the molecule is CS(=O)(=O)CCOc1nonc1C(=Nc1ccc(F)c(Cl)c1)NO. The molecule has 0 bridgehead atoms. The standard InChI is InChI=1S/C12H12ClFN4O5S/c1-24(20,21)5-4-22-12-10(17-23-18-12)11(16-19)15-7-2-3-9(14)8(13)6-7/h2-3,6,19H,4-5H2,1H3,(H,15,16). The van der Waals surface area contributed by atoms with Crippen molar-refractivity contribution in [2.45, 2.75) is 0 Å². The van der Waals surface area contributed by atoms with Crippen molar-refractivity contribution >= 4 is 33.0 Å². The third kappa shape index (κ3) is 4.88. The van der Waals surface area contributed by atoms with Crippen molar-refractivity contribution in [3.8, 4) is 5.88 Å². The van der Waals surface area contributed by atoms with Crippen molar-refractivity contribution in [1.29, 1.82) is 0 Å². The lowest BCUT2D eigenvalue weighted by atomic mass is 10.3. The van der Waals surface area contributed by atoms with Crippen LogP contribution >= 0.6 is 11.6 Å². The highest BCUT2D eigenvalue weighted by molar-refractivity contribution is 7.90. The van der Waals surface area contributed by atoms with Crippen molar-refractivity contribution in [2.75, 3.05) is 18.6 Å². The molecule has 0 aliphatic heterocycles. The van der Waals surface area contributed by atoms with Gasteiger partial charge in [-0.1, -0.05) is 11.6 Å². The number of hydroxylamine groups is 1. The zero-order valence-corrected chi connectivity index (χ0v) is 13.8. The Morgan fingerprint density at radius 1 is 1.50 bits per heavy atom. The van der Waals surface area contributed by atoms with E-state index in [2.05, 4.69) is 19.9 Å². The van der Waals surface area contributed by atoms with Crippen molar-refractivity contribution in [3.63, 3.8) is 0 Å². The summed E-state index contributed by atoms with van der Waals surface area (Å²) in [6.07, 6.45) is 1.05. The maximum Gasteiger partial charge on any atom is 0.287 e. The molecule has 1 heterocycles. The zero-order chi connectivity index (χ0) is 17.7. The van der Waals surface area contributed by atoms with Gasteiger partial charge in [0, 0.05) is 6.26 Å². The smallest absolute Gasteiger partial charge is 0.287 e. The number of hydrogen-bond acceptors (Lipinski definition) is 8. The van der Waals surface area contributed by atoms with Crippen LogP contribution in [0.3, 0.4) is 0 Å². The molecule has 0 saturated heterocycles. The third-order valence-corrected chi connectivity index (χ3v) is 3.82. The van der Waals surface area contributed by atoms with E-state index in [1.165, 1.54) is 12.1 Å². The van der Waals surface area contributed by atoms with Gasteiger partial charge in [-0.25, -0.2) is 22.4 Å². The summed E-state index contributed by atoms with van der Waals surface area (Å²) < 4.78 is 44.9. The number of nitrogens with one attached hydrogen (secondary N) is 1. The molecule has 0 spiro atoms. The van der Waals surface area contributed by atoms with E-state index in [1.807, 2.05) is 0 Å². The van der Waals surface area contributed by atoms with Crippen molar-refractivity contribution in [2.24, 2.45) is 4.99 Å². The topological polar surface area (TPSA) is 127 Å². The van der Waals surface area contributed by atoms with Gasteiger partial charge in [0.2, 0.25) is 5.69 Å². The Balaban J connectivity index is 2.23. The molecule has 0 atom stereocenters. The van der Waals surface area contributed by atoms with E-state index in [0.29, 0.717) is 0 Å². The molecule has 0 aliphatic rings. The van der Waals surface area contributed by atoms with Gasteiger partial charge in [-0.15, -0.1) is 0 Å². The lowest BCUT2D eigenvalue weighted by Gasteiger charge is -2.05. The Labute approximate surface area is 140 Å². The van der Waals surface area contributed by atoms with Crippen LogP contribution in [0.5, 0.6) is 5.88 Å². The largest absolute Gasteiger partial charge is 0.473 e. The molecule has 1 aromatic carbocycles. The molecular formula is C12H12ClFN4O5S. The Hall–Kier alpha value is -2.24. The maximum absolute atomic E-state index is 13.1. The van der Waals surface area contributed by atoms with Crippen LogP contribution in [-0.4, -0.2) is 48.4 Å². The predicted octanol–water partition coefficient (Wildman–Crippen LogP) is 1.34. The first-order valence-corrected chi connectivity index (χ1v) is 8.81. The summed E-state index contributed by atoms with van der Waals surface area (Å²) in [6, 6.07) is 3.64. The Morgan fingerprint density at radius 2 is 2.25 bits per heavy atom. The van der Waals surface area contributed by atoms with E-state index >= 15 is 0 Å². The molecule has 24 heavy (non-hydrogen) atoms. The van der Waals surface area contributed by atoms with Crippen LogP contribution in [0.2, 0.25) is 5.02 Å². The number of sulfone groups is 1. The van der Waals surface area contributed by atoms with E-state index in [9.17, 15) is 18.0 Å². The van der Waals surface area contributed by atoms with Gasteiger partial charge in [0.05, 0.1) is 16.5 Å². The summed E-state index contributed by atoms with van der Waals surface area (Å²) in [5, 5.41) is 16.0. The van der Waals surface area contributed by atoms with Crippen LogP contribution in [-0.2, 0) is 9.84 Å². The fourth-order valence-corrected chi connectivity index (χ4v) is 2.09. The number of aliphatic imine (C=N–C) groups is 1. The zero-order valence-electron chi connectivity index (χ0n) is 12.2. The number of ether oxygens (including phenoxy) is 1. The van der Waals surface area contributed by atoms with E-state index < -0.39 is 15.7 Å². The minimum absolute atomic E-state index is 0.105. The number of amidine groups is 1. The number of hydrogen-bond donors (Lipinski definition) is 2. The van der Waals surface area contributed by atoms with Crippen LogP contribution in [0.15, 0.2) is 27.8 Å². The number of halogens is 2. The van der Waals surface area contributed by atoms with Gasteiger partial charge in [-0.2, -0.15) is 0 Å². The first-order valence-electron chi connectivity index (χ1n) is 6.37. The molecule has 12 heteroatoms. The first-order chi connectivity index (χ1) is 11.3. The fourth-order valence-electron chi connectivity index (χ4n) is 1.52. The normalized spacial score (nSPS) is 12.2. The molecule has 0 aliphatic carbocycles. The highest BCUT2D eigenvalue weighted by atomic mass is 35.5. The summed E-state index contributed by atoms with van der Waals surface area (Å²) >= 11 is 5.65. The molecule has 0 amide bonds. The van der Waals surface area contributed by atoms with Crippen LogP contribution in [0, 0.1) is 5.82 Å². The quantitative estimate of drug-likeness (QED) is 0.438. The molecule has 0 saturated carbocycles. The van der Waals surface area contributed by atoms with Crippen LogP contribution in [0.25, 0.3) is 0 Å². The van der Waals surface area contributed by atoms with Crippen molar-refractivity contribution < 1.29 is 27.4 Å². The summed E-state index contributed by atoms with van der Waals surface area (Å²) in [7, 11) is -3.22. The number of benzene rings is 1. The van der Waals surface area contributed by atoms with Crippen molar-refractivity contribution in [1.82, 2.24) is 15.8 Å². The third-order valence-electron chi connectivity index (χ3n) is 2.63. The monoisotopic (exact) mass is 378 g/mol. The lowest BCUT2D eigenvalue weighted by Crippen LogP contribution is -2.22. The Morgan fingerprint density at radius 3 is 2.88 bits per heavy atom. The summed E-state index contributed by atoms with van der Waals surface area (Å²) in [5.41, 5.74) is 1.89. The van der Waals surface area contributed by atoms with Crippen LogP contribution in [0.4, 0.5) is 10.1 Å². The average Bonchev–Trinajstić information content (AvgIpc) is 2.95. The first kappa shape index (κ1) is 18.1. The van der Waals surface area contributed by atoms with Gasteiger partial charge < -0.3 is 4.74 Å². The molecule has 0 unspecified atom stereocenters. The number of nitrogens with zero attached hydrogens (tertiary/aromatic N) is 3. The molecule has 9 nitrogen and oxygen atoms in total. The van der Waals surface area contributed by atoms with Gasteiger partial charge >= 0.3 is 0 Å².